The molecule has 102 valence electrons. The van der Waals surface area contributed by atoms with E-state index in [0.29, 0.717) is 10.8 Å². The molecule has 18 heavy (non-hydrogen) atoms. The van der Waals surface area contributed by atoms with Crippen LogP contribution in [0.1, 0.15) is 44.2 Å². The summed E-state index contributed by atoms with van der Waals surface area (Å²) in [5.41, 5.74) is 6.03. The molecule has 7 heteroatoms. The molecule has 0 amide bonds. The van der Waals surface area contributed by atoms with E-state index in [1.807, 2.05) is 0 Å². The average molecular weight is 289 g/mol. The molecule has 0 bridgehead atoms. The van der Waals surface area contributed by atoms with Crippen LogP contribution in [-0.2, 0) is 10.0 Å². The van der Waals surface area contributed by atoms with E-state index in [1.165, 1.54) is 12.8 Å². The third-order valence-corrected chi connectivity index (χ3v) is 6.31. The van der Waals surface area contributed by atoms with Crippen LogP contribution in [0.2, 0.25) is 0 Å². The van der Waals surface area contributed by atoms with Gasteiger partial charge in [0.25, 0.3) is 10.0 Å². The lowest BCUT2D eigenvalue weighted by atomic mass is 10.1. The smallest absolute Gasteiger partial charge is 0.252 e. The summed E-state index contributed by atoms with van der Waals surface area (Å²) in [4.78, 5) is 3.97. The van der Waals surface area contributed by atoms with Gasteiger partial charge in [-0.2, -0.15) is 0 Å². The Morgan fingerprint density at radius 1 is 1.28 bits per heavy atom. The number of rotatable bonds is 3. The number of hydrogen-bond donors (Lipinski definition) is 2. The summed E-state index contributed by atoms with van der Waals surface area (Å²) >= 11 is 1.03. The Bertz CT molecular complexity index is 502. The Morgan fingerprint density at radius 2 is 1.89 bits per heavy atom. The van der Waals surface area contributed by atoms with Gasteiger partial charge in [0, 0.05) is 6.04 Å². The van der Waals surface area contributed by atoms with E-state index >= 15 is 0 Å². The van der Waals surface area contributed by atoms with Crippen molar-refractivity contribution in [1.82, 2.24) is 9.71 Å². The number of anilines is 1. The van der Waals surface area contributed by atoms with Gasteiger partial charge in [0.2, 0.25) is 0 Å². The van der Waals surface area contributed by atoms with Crippen molar-refractivity contribution < 1.29 is 8.42 Å². The zero-order valence-corrected chi connectivity index (χ0v) is 12.1. The Morgan fingerprint density at radius 3 is 2.39 bits per heavy atom. The minimum absolute atomic E-state index is 0.0558. The highest BCUT2D eigenvalue weighted by molar-refractivity contribution is 7.91. The third kappa shape index (κ3) is 3.21. The molecule has 3 N–H and O–H groups in total. The predicted molar refractivity (Wildman–Crippen MR) is 73.1 cm³/mol. The van der Waals surface area contributed by atoms with E-state index in [4.69, 9.17) is 5.73 Å². The second-order valence-electron chi connectivity index (χ2n) is 4.73. The van der Waals surface area contributed by atoms with Gasteiger partial charge < -0.3 is 5.73 Å². The van der Waals surface area contributed by atoms with Gasteiger partial charge in [-0.05, 0) is 19.8 Å². The first-order chi connectivity index (χ1) is 8.49. The molecular weight excluding hydrogens is 270 g/mol. The molecule has 1 heterocycles. The first-order valence-electron chi connectivity index (χ1n) is 6.24. The van der Waals surface area contributed by atoms with E-state index in [2.05, 4.69) is 9.71 Å². The highest BCUT2D eigenvalue weighted by Crippen LogP contribution is 2.26. The topological polar surface area (TPSA) is 85.1 Å². The number of nitrogens with zero attached hydrogens (tertiary/aromatic N) is 1. The van der Waals surface area contributed by atoms with Crippen LogP contribution in [0.4, 0.5) is 5.13 Å². The van der Waals surface area contributed by atoms with Crippen molar-refractivity contribution in [3.8, 4) is 0 Å². The van der Waals surface area contributed by atoms with Crippen LogP contribution < -0.4 is 10.5 Å². The highest BCUT2D eigenvalue weighted by Gasteiger charge is 2.25. The number of nitrogen functional groups attached to an aromatic ring is 1. The summed E-state index contributed by atoms with van der Waals surface area (Å²) in [6, 6.07) is 0.0558. The highest BCUT2D eigenvalue weighted by atomic mass is 32.2. The zero-order valence-electron chi connectivity index (χ0n) is 10.5. The summed E-state index contributed by atoms with van der Waals surface area (Å²) in [6.07, 6.45) is 6.43. The molecular formula is C11H19N3O2S2. The van der Waals surface area contributed by atoms with Gasteiger partial charge in [0.1, 0.15) is 0 Å². The fraction of sp³-hybridized carbons (Fsp3) is 0.727. The lowest BCUT2D eigenvalue weighted by molar-refractivity contribution is 0.510. The van der Waals surface area contributed by atoms with Gasteiger partial charge >= 0.3 is 0 Å². The fourth-order valence-electron chi connectivity index (χ4n) is 2.32. The second-order valence-corrected chi connectivity index (χ2v) is 7.67. The van der Waals surface area contributed by atoms with Crippen molar-refractivity contribution in [2.24, 2.45) is 0 Å². The number of nitrogens with one attached hydrogen (secondary N) is 1. The van der Waals surface area contributed by atoms with Crippen molar-refractivity contribution >= 4 is 26.5 Å². The van der Waals surface area contributed by atoms with Crippen LogP contribution in [0.25, 0.3) is 0 Å². The quantitative estimate of drug-likeness (QED) is 0.834. The summed E-state index contributed by atoms with van der Waals surface area (Å²) in [7, 11) is -3.46. The molecule has 1 aliphatic rings. The summed E-state index contributed by atoms with van der Waals surface area (Å²) in [5, 5.41) is 0.300. The number of sulfonamides is 1. The van der Waals surface area contributed by atoms with E-state index in [9.17, 15) is 8.42 Å². The van der Waals surface area contributed by atoms with Gasteiger partial charge in [0.15, 0.2) is 9.34 Å². The zero-order chi connectivity index (χ0) is 13.2. The average Bonchev–Trinajstić information content (AvgIpc) is 2.51. The molecule has 0 spiro atoms. The Labute approximate surface area is 112 Å². The van der Waals surface area contributed by atoms with Gasteiger partial charge in [0.05, 0.1) is 5.69 Å². The number of aromatic nitrogens is 1. The molecule has 1 fully saturated rings. The normalized spacial score (nSPS) is 18.7. The molecule has 1 saturated carbocycles. The number of thiazole rings is 1. The van der Waals surface area contributed by atoms with Crippen molar-refractivity contribution in [2.75, 3.05) is 5.73 Å². The van der Waals surface area contributed by atoms with Crippen LogP contribution in [-0.4, -0.2) is 19.4 Å². The van der Waals surface area contributed by atoms with Crippen LogP contribution in [0.15, 0.2) is 4.21 Å². The molecule has 2 rings (SSSR count). The minimum Gasteiger partial charge on any atom is -0.375 e. The van der Waals surface area contributed by atoms with Gasteiger partial charge in [-0.3, -0.25) is 0 Å². The van der Waals surface area contributed by atoms with E-state index in [-0.39, 0.29) is 10.3 Å². The summed E-state index contributed by atoms with van der Waals surface area (Å²) in [6.45, 7) is 1.68. The van der Waals surface area contributed by atoms with Crippen LogP contribution in [0.5, 0.6) is 0 Å². The number of nitrogens with two attached hydrogens (primary N) is 1. The van der Waals surface area contributed by atoms with Crippen molar-refractivity contribution in [1.29, 1.82) is 0 Å². The molecule has 0 saturated heterocycles. The van der Waals surface area contributed by atoms with Crippen molar-refractivity contribution in [3.63, 3.8) is 0 Å². The molecule has 5 nitrogen and oxygen atoms in total. The fourth-order valence-corrected chi connectivity index (χ4v) is 4.94. The van der Waals surface area contributed by atoms with Crippen LogP contribution in [0.3, 0.4) is 0 Å². The molecule has 1 aromatic heterocycles. The Hall–Kier alpha value is -0.660. The molecule has 1 aromatic rings. The Kier molecular flexibility index (Phi) is 4.24. The third-order valence-electron chi connectivity index (χ3n) is 3.19. The molecule has 0 aromatic carbocycles. The largest absolute Gasteiger partial charge is 0.375 e. The summed E-state index contributed by atoms with van der Waals surface area (Å²) in [5.74, 6) is 0. The van der Waals surface area contributed by atoms with Crippen molar-refractivity contribution in [3.05, 3.63) is 5.69 Å². The maximum Gasteiger partial charge on any atom is 0.252 e. The first kappa shape index (κ1) is 13.8. The maximum atomic E-state index is 12.3. The Balaban J connectivity index is 2.13. The molecule has 0 aliphatic heterocycles. The maximum absolute atomic E-state index is 12.3. The standard InChI is InChI=1S/C11H19N3O2S2/c1-8-10(17-11(12)13-8)18(15,16)14-9-6-4-2-3-5-7-9/h9,14H,2-7H2,1H3,(H2,12,13). The number of aryl methyl sites for hydroxylation is 1. The van der Waals surface area contributed by atoms with E-state index in [1.54, 1.807) is 6.92 Å². The molecule has 1 aliphatic carbocycles. The molecule has 0 atom stereocenters. The molecule has 0 unspecified atom stereocenters. The van der Waals surface area contributed by atoms with E-state index in [0.717, 1.165) is 37.0 Å². The first-order valence-corrected chi connectivity index (χ1v) is 8.54. The minimum atomic E-state index is -3.46. The van der Waals surface area contributed by atoms with Crippen LogP contribution in [0, 0.1) is 6.92 Å². The van der Waals surface area contributed by atoms with E-state index < -0.39 is 10.0 Å². The molecule has 0 radical (unpaired) electrons. The van der Waals surface area contributed by atoms with Gasteiger partial charge in [-0.25, -0.2) is 18.1 Å². The lowest BCUT2D eigenvalue weighted by Gasteiger charge is -2.15. The predicted octanol–water partition coefficient (Wildman–Crippen LogP) is 2.03. The van der Waals surface area contributed by atoms with Gasteiger partial charge in [-0.1, -0.05) is 37.0 Å². The van der Waals surface area contributed by atoms with Crippen LogP contribution >= 0.6 is 11.3 Å². The summed E-state index contributed by atoms with van der Waals surface area (Å²) < 4.78 is 27.5. The monoisotopic (exact) mass is 289 g/mol. The number of hydrogen-bond acceptors (Lipinski definition) is 5. The second kappa shape index (κ2) is 5.54. The SMILES string of the molecule is Cc1nc(N)sc1S(=O)(=O)NC1CCCCCC1. The lowest BCUT2D eigenvalue weighted by Crippen LogP contribution is -2.34. The van der Waals surface area contributed by atoms with Crippen molar-refractivity contribution in [2.45, 2.75) is 55.7 Å². The van der Waals surface area contributed by atoms with Gasteiger partial charge in [-0.15, -0.1) is 0 Å².